The summed E-state index contributed by atoms with van der Waals surface area (Å²) in [5.74, 6) is 5.28. The second-order valence-corrected chi connectivity index (χ2v) is 7.96. The van der Waals surface area contributed by atoms with E-state index in [1.807, 2.05) is 0 Å². The molecule has 4 aliphatic rings. The van der Waals surface area contributed by atoms with Crippen LogP contribution < -0.4 is 0 Å². The Labute approximate surface area is 98.6 Å². The molecule has 0 saturated heterocycles. The fourth-order valence-electron chi connectivity index (χ4n) is 6.25. The van der Waals surface area contributed by atoms with Crippen molar-refractivity contribution in [1.82, 2.24) is 0 Å². The predicted octanol–water partition coefficient (Wildman–Crippen LogP) is 3.08. The Kier molecular flexibility index (Phi) is 1.67. The van der Waals surface area contributed by atoms with E-state index in [-0.39, 0.29) is 5.41 Å². The van der Waals surface area contributed by atoms with Crippen molar-refractivity contribution in [3.05, 3.63) is 0 Å². The first-order valence-corrected chi connectivity index (χ1v) is 7.17. The van der Waals surface area contributed by atoms with Crippen molar-refractivity contribution >= 4 is 0 Å². The third-order valence-corrected chi connectivity index (χ3v) is 6.97. The van der Waals surface area contributed by atoms with E-state index in [0.29, 0.717) is 6.61 Å². The molecule has 16 heavy (non-hydrogen) atoms. The molecule has 1 N–H and O–H groups in total. The van der Waals surface area contributed by atoms with Crippen molar-refractivity contribution in [2.75, 3.05) is 6.61 Å². The fraction of sp³-hybridized carbons (Fsp3) is 1.00. The quantitative estimate of drug-likeness (QED) is 0.720. The highest BCUT2D eigenvalue weighted by Crippen LogP contribution is 2.78. The first-order valence-electron chi connectivity index (χ1n) is 7.17. The normalized spacial score (nSPS) is 66.6. The number of hydrogen-bond acceptors (Lipinski definition) is 1. The summed E-state index contributed by atoms with van der Waals surface area (Å²) in [6.45, 7) is 5.24. The average Bonchev–Trinajstić information content (AvgIpc) is 2.36. The van der Waals surface area contributed by atoms with Gasteiger partial charge in [-0.05, 0) is 72.5 Å². The summed E-state index contributed by atoms with van der Waals surface area (Å²) in [5, 5.41) is 9.57. The topological polar surface area (TPSA) is 20.2 Å². The van der Waals surface area contributed by atoms with E-state index in [1.165, 1.54) is 32.1 Å². The van der Waals surface area contributed by atoms with Gasteiger partial charge in [0.15, 0.2) is 0 Å². The SMILES string of the molecule is CC1(CO)CCC2C(C1)C1CC3(C)CC2C13. The van der Waals surface area contributed by atoms with Crippen LogP contribution in [0.1, 0.15) is 46.0 Å². The molecule has 0 amide bonds. The van der Waals surface area contributed by atoms with Crippen molar-refractivity contribution in [3.8, 4) is 0 Å². The Morgan fingerprint density at radius 3 is 2.31 bits per heavy atom. The largest absolute Gasteiger partial charge is 0.396 e. The maximum absolute atomic E-state index is 9.57. The van der Waals surface area contributed by atoms with Crippen molar-refractivity contribution < 1.29 is 5.11 Å². The first-order chi connectivity index (χ1) is 7.56. The number of hydrogen-bond donors (Lipinski definition) is 1. The Balaban J connectivity index is 1.60. The summed E-state index contributed by atoms with van der Waals surface area (Å²) >= 11 is 0. The van der Waals surface area contributed by atoms with Gasteiger partial charge in [-0.15, -0.1) is 0 Å². The average molecular weight is 220 g/mol. The van der Waals surface area contributed by atoms with Crippen LogP contribution in [0.25, 0.3) is 0 Å². The molecule has 4 rings (SSSR count). The lowest BCUT2D eigenvalue weighted by atomic mass is 9.42. The van der Waals surface area contributed by atoms with Gasteiger partial charge in [-0.3, -0.25) is 0 Å². The minimum absolute atomic E-state index is 0.261. The monoisotopic (exact) mass is 220 g/mol. The van der Waals surface area contributed by atoms with Crippen LogP contribution in [0.3, 0.4) is 0 Å². The van der Waals surface area contributed by atoms with Gasteiger partial charge in [-0.2, -0.15) is 0 Å². The molecule has 4 fully saturated rings. The summed E-state index contributed by atoms with van der Waals surface area (Å²) in [5.41, 5.74) is 1.03. The van der Waals surface area contributed by atoms with E-state index in [0.717, 1.165) is 35.0 Å². The number of aliphatic hydroxyl groups excluding tert-OH is 1. The zero-order valence-corrected chi connectivity index (χ0v) is 10.6. The van der Waals surface area contributed by atoms with Crippen molar-refractivity contribution in [1.29, 1.82) is 0 Å². The third-order valence-electron chi connectivity index (χ3n) is 6.97. The van der Waals surface area contributed by atoms with Gasteiger partial charge in [0.05, 0.1) is 0 Å². The zero-order chi connectivity index (χ0) is 11.1. The Hall–Kier alpha value is -0.0400. The lowest BCUT2D eigenvalue weighted by Gasteiger charge is -2.63. The van der Waals surface area contributed by atoms with E-state index in [4.69, 9.17) is 0 Å². The number of aliphatic hydroxyl groups is 1. The molecular weight excluding hydrogens is 196 g/mol. The highest BCUT2D eigenvalue weighted by molar-refractivity contribution is 5.20. The fourth-order valence-corrected chi connectivity index (χ4v) is 6.25. The van der Waals surface area contributed by atoms with Crippen molar-refractivity contribution in [3.63, 3.8) is 0 Å². The molecule has 90 valence electrons. The molecule has 4 aliphatic carbocycles. The van der Waals surface area contributed by atoms with Crippen molar-refractivity contribution in [2.45, 2.75) is 46.0 Å². The molecule has 0 heterocycles. The van der Waals surface area contributed by atoms with Gasteiger partial charge >= 0.3 is 0 Å². The summed E-state index contributed by atoms with van der Waals surface area (Å²) < 4.78 is 0. The molecule has 0 aliphatic heterocycles. The number of rotatable bonds is 1. The van der Waals surface area contributed by atoms with E-state index in [9.17, 15) is 5.11 Å². The van der Waals surface area contributed by atoms with Gasteiger partial charge in [-0.25, -0.2) is 0 Å². The molecule has 0 bridgehead atoms. The molecule has 0 aromatic heterocycles. The summed E-state index contributed by atoms with van der Waals surface area (Å²) in [4.78, 5) is 0. The molecular formula is C15H24O. The highest BCUT2D eigenvalue weighted by Gasteiger charge is 2.71. The summed E-state index contributed by atoms with van der Waals surface area (Å²) in [7, 11) is 0. The van der Waals surface area contributed by atoms with Gasteiger partial charge in [0, 0.05) is 6.61 Å². The molecule has 7 atom stereocenters. The molecule has 0 radical (unpaired) electrons. The lowest BCUT2D eigenvalue weighted by molar-refractivity contribution is -0.144. The second-order valence-electron chi connectivity index (χ2n) is 7.96. The van der Waals surface area contributed by atoms with E-state index < -0.39 is 0 Å². The van der Waals surface area contributed by atoms with Crippen LogP contribution >= 0.6 is 0 Å². The van der Waals surface area contributed by atoms with Gasteiger partial charge in [0.25, 0.3) is 0 Å². The molecule has 0 aromatic carbocycles. The summed E-state index contributed by atoms with van der Waals surface area (Å²) in [6, 6.07) is 0. The van der Waals surface area contributed by atoms with Gasteiger partial charge in [-0.1, -0.05) is 13.8 Å². The standard InChI is InChI=1S/C15H24O/c1-14(8-16)4-3-9-10(5-14)12-7-15(2)6-11(9)13(12)15/h9-13,16H,3-8H2,1-2H3. The van der Waals surface area contributed by atoms with Crippen LogP contribution in [-0.4, -0.2) is 11.7 Å². The summed E-state index contributed by atoms with van der Waals surface area (Å²) in [6.07, 6.45) is 7.05. The van der Waals surface area contributed by atoms with Crippen LogP contribution in [0.4, 0.5) is 0 Å². The first kappa shape index (κ1) is 9.94. The van der Waals surface area contributed by atoms with Crippen molar-refractivity contribution in [2.24, 2.45) is 40.4 Å². The van der Waals surface area contributed by atoms with Crippen LogP contribution in [0.15, 0.2) is 0 Å². The number of fused-ring (bicyclic) bond motifs is 3. The molecule has 7 unspecified atom stereocenters. The lowest BCUT2D eigenvalue weighted by Crippen LogP contribution is -2.56. The maximum Gasteiger partial charge on any atom is 0.0484 e. The zero-order valence-electron chi connectivity index (χ0n) is 10.6. The van der Waals surface area contributed by atoms with E-state index >= 15 is 0 Å². The smallest absolute Gasteiger partial charge is 0.0484 e. The van der Waals surface area contributed by atoms with E-state index in [1.54, 1.807) is 0 Å². The molecule has 4 saturated carbocycles. The van der Waals surface area contributed by atoms with Crippen LogP contribution in [0.2, 0.25) is 0 Å². The minimum atomic E-state index is 0.261. The van der Waals surface area contributed by atoms with Crippen LogP contribution in [0, 0.1) is 40.4 Å². The second kappa shape index (κ2) is 2.68. The molecule has 1 nitrogen and oxygen atoms in total. The minimum Gasteiger partial charge on any atom is -0.396 e. The Morgan fingerprint density at radius 2 is 1.69 bits per heavy atom. The van der Waals surface area contributed by atoms with E-state index in [2.05, 4.69) is 13.8 Å². The Bertz CT molecular complexity index is 338. The van der Waals surface area contributed by atoms with Crippen LogP contribution in [0.5, 0.6) is 0 Å². The molecule has 0 aromatic rings. The third kappa shape index (κ3) is 0.939. The van der Waals surface area contributed by atoms with Gasteiger partial charge in [0.2, 0.25) is 0 Å². The van der Waals surface area contributed by atoms with Crippen LogP contribution in [-0.2, 0) is 0 Å². The predicted molar refractivity (Wildman–Crippen MR) is 63.8 cm³/mol. The molecule has 0 spiro atoms. The highest BCUT2D eigenvalue weighted by atomic mass is 16.3. The molecule has 1 heteroatoms. The maximum atomic E-state index is 9.57. The van der Waals surface area contributed by atoms with Gasteiger partial charge in [0.1, 0.15) is 0 Å². The van der Waals surface area contributed by atoms with Gasteiger partial charge < -0.3 is 5.11 Å². The Morgan fingerprint density at radius 1 is 1.00 bits per heavy atom.